The van der Waals surface area contributed by atoms with E-state index >= 15 is 0 Å². The Hall–Kier alpha value is -1.14. The van der Waals surface area contributed by atoms with E-state index in [0.717, 1.165) is 32.1 Å². The fourth-order valence-electron chi connectivity index (χ4n) is 1.53. The molecule has 0 aliphatic rings. The maximum Gasteiger partial charge on any atom is 0.342 e. The van der Waals surface area contributed by atoms with Gasteiger partial charge < -0.3 is 10.2 Å². The zero-order valence-electron chi connectivity index (χ0n) is 12.4. The van der Waals surface area contributed by atoms with Gasteiger partial charge in [0.05, 0.1) is 5.60 Å². The summed E-state index contributed by atoms with van der Waals surface area (Å²) in [7, 11) is 0. The van der Waals surface area contributed by atoms with Crippen LogP contribution >= 0.6 is 0 Å². The Labute approximate surface area is 120 Å². The molecule has 118 valence electrons. The Balaban J connectivity index is 3.29. The molecule has 0 heterocycles. The number of unbranched alkanes of at least 4 members (excludes halogenated alkanes) is 5. The molecule has 0 fully saturated rings. The molecule has 6 nitrogen and oxygen atoms in total. The highest BCUT2D eigenvalue weighted by atomic mass is 17.2. The lowest BCUT2D eigenvalue weighted by atomic mass is 10.1. The first-order valence-electron chi connectivity index (χ1n) is 7.08. The normalized spacial score (nSPS) is 11.3. The highest BCUT2D eigenvalue weighted by molar-refractivity contribution is 5.68. The topological polar surface area (TPSA) is 93.1 Å². The Kier molecular flexibility index (Phi) is 10.0. The molecule has 2 N–H and O–H groups in total. The fourth-order valence-corrected chi connectivity index (χ4v) is 1.53. The van der Waals surface area contributed by atoms with Gasteiger partial charge >= 0.3 is 11.9 Å². The highest BCUT2D eigenvalue weighted by Gasteiger charge is 2.14. The summed E-state index contributed by atoms with van der Waals surface area (Å²) in [5.41, 5.74) is -1.02. The first-order valence-corrected chi connectivity index (χ1v) is 7.08. The molecule has 0 aliphatic heterocycles. The van der Waals surface area contributed by atoms with E-state index in [9.17, 15) is 14.7 Å². The lowest BCUT2D eigenvalue weighted by molar-refractivity contribution is -0.289. The number of aliphatic hydroxyl groups is 1. The smallest absolute Gasteiger partial charge is 0.342 e. The molecular formula is C14H26O6. The highest BCUT2D eigenvalue weighted by Crippen LogP contribution is 2.09. The van der Waals surface area contributed by atoms with Gasteiger partial charge in [-0.25, -0.2) is 4.79 Å². The van der Waals surface area contributed by atoms with Gasteiger partial charge in [-0.1, -0.05) is 25.7 Å². The van der Waals surface area contributed by atoms with E-state index in [1.54, 1.807) is 13.8 Å². The van der Waals surface area contributed by atoms with Crippen LogP contribution in [0.1, 0.15) is 65.2 Å². The van der Waals surface area contributed by atoms with E-state index in [-0.39, 0.29) is 13.0 Å². The zero-order valence-corrected chi connectivity index (χ0v) is 12.4. The van der Waals surface area contributed by atoms with Crippen molar-refractivity contribution in [1.29, 1.82) is 0 Å². The summed E-state index contributed by atoms with van der Waals surface area (Å²) in [6, 6.07) is 0. The number of carbonyl (C=O) groups is 2. The van der Waals surface area contributed by atoms with Gasteiger partial charge in [-0.05, 0) is 26.7 Å². The maximum absolute atomic E-state index is 11.2. The Morgan fingerprint density at radius 1 is 0.950 bits per heavy atom. The molecule has 0 saturated heterocycles. The van der Waals surface area contributed by atoms with Crippen LogP contribution in [0, 0.1) is 0 Å². The average molecular weight is 290 g/mol. The van der Waals surface area contributed by atoms with E-state index in [1.807, 2.05) is 0 Å². The van der Waals surface area contributed by atoms with Crippen molar-refractivity contribution < 1.29 is 29.6 Å². The van der Waals surface area contributed by atoms with Gasteiger partial charge in [0.1, 0.15) is 6.61 Å². The molecule has 0 bridgehead atoms. The lowest BCUT2D eigenvalue weighted by Gasteiger charge is -2.15. The number of carbonyl (C=O) groups excluding carboxylic acids is 1. The lowest BCUT2D eigenvalue weighted by Crippen LogP contribution is -2.26. The van der Waals surface area contributed by atoms with Crippen LogP contribution in [-0.4, -0.2) is 34.4 Å². The molecule has 6 heteroatoms. The molecule has 0 aromatic heterocycles. The summed E-state index contributed by atoms with van der Waals surface area (Å²) < 4.78 is 0. The molecule has 0 amide bonds. The molecule has 0 aromatic carbocycles. The number of hydrogen-bond acceptors (Lipinski definition) is 5. The average Bonchev–Trinajstić information content (AvgIpc) is 2.30. The molecule has 0 radical (unpaired) electrons. The first kappa shape index (κ1) is 18.9. The summed E-state index contributed by atoms with van der Waals surface area (Å²) >= 11 is 0. The molecule has 0 unspecified atom stereocenters. The van der Waals surface area contributed by atoms with Gasteiger partial charge in [-0.2, -0.15) is 4.89 Å². The predicted octanol–water partition coefficient (Wildman–Crippen LogP) is 2.44. The van der Waals surface area contributed by atoms with Crippen LogP contribution in [-0.2, 0) is 19.4 Å². The number of aliphatic carboxylic acids is 1. The van der Waals surface area contributed by atoms with Crippen molar-refractivity contribution in [2.45, 2.75) is 70.8 Å². The van der Waals surface area contributed by atoms with Crippen LogP contribution in [0.25, 0.3) is 0 Å². The van der Waals surface area contributed by atoms with Gasteiger partial charge in [0, 0.05) is 12.8 Å². The minimum Gasteiger partial charge on any atom is -0.481 e. The summed E-state index contributed by atoms with van der Waals surface area (Å²) in [5, 5.41) is 17.8. The van der Waals surface area contributed by atoms with Gasteiger partial charge in [-0.3, -0.25) is 9.68 Å². The van der Waals surface area contributed by atoms with E-state index in [4.69, 9.17) is 5.11 Å². The molecule has 0 rings (SSSR count). The summed E-state index contributed by atoms with van der Waals surface area (Å²) in [4.78, 5) is 30.7. The molecule has 0 spiro atoms. The van der Waals surface area contributed by atoms with Gasteiger partial charge in [0.25, 0.3) is 0 Å². The molecule has 0 saturated carbocycles. The maximum atomic E-state index is 11.2. The van der Waals surface area contributed by atoms with Gasteiger partial charge in [0.2, 0.25) is 0 Å². The van der Waals surface area contributed by atoms with Crippen LogP contribution < -0.4 is 0 Å². The largest absolute Gasteiger partial charge is 0.481 e. The third kappa shape index (κ3) is 14.9. The second-order valence-corrected chi connectivity index (χ2v) is 5.55. The van der Waals surface area contributed by atoms with E-state index in [0.29, 0.717) is 12.8 Å². The van der Waals surface area contributed by atoms with Crippen LogP contribution in [0.5, 0.6) is 0 Å². The summed E-state index contributed by atoms with van der Waals surface area (Å²) in [5.74, 6) is -1.18. The van der Waals surface area contributed by atoms with Crippen LogP contribution in [0.2, 0.25) is 0 Å². The van der Waals surface area contributed by atoms with Gasteiger partial charge in [0.15, 0.2) is 0 Å². The predicted molar refractivity (Wildman–Crippen MR) is 72.9 cm³/mol. The van der Waals surface area contributed by atoms with E-state index < -0.39 is 17.5 Å². The second-order valence-electron chi connectivity index (χ2n) is 5.55. The number of rotatable bonds is 12. The van der Waals surface area contributed by atoms with Crippen LogP contribution in [0.3, 0.4) is 0 Å². The standard InChI is InChI=1S/C14H26O6/c1-14(2,18)11-19-20-13(17)10-8-6-4-3-5-7-9-12(15)16/h18H,3-11H2,1-2H3,(H,15,16). The number of carboxylic acids is 1. The third-order valence-electron chi connectivity index (χ3n) is 2.59. The fraction of sp³-hybridized carbons (Fsp3) is 0.857. The monoisotopic (exact) mass is 290 g/mol. The van der Waals surface area contributed by atoms with Crippen molar-refractivity contribution in [1.82, 2.24) is 0 Å². The van der Waals surface area contributed by atoms with Crippen molar-refractivity contribution >= 4 is 11.9 Å². The molecule has 0 aromatic rings. The molecule has 20 heavy (non-hydrogen) atoms. The van der Waals surface area contributed by atoms with Crippen molar-refractivity contribution in [3.8, 4) is 0 Å². The van der Waals surface area contributed by atoms with Crippen LogP contribution in [0.4, 0.5) is 0 Å². The minimum atomic E-state index is -1.02. The van der Waals surface area contributed by atoms with Crippen molar-refractivity contribution in [3.63, 3.8) is 0 Å². The van der Waals surface area contributed by atoms with Crippen molar-refractivity contribution in [2.24, 2.45) is 0 Å². The Morgan fingerprint density at radius 3 is 1.95 bits per heavy atom. The molecular weight excluding hydrogens is 264 g/mol. The second kappa shape index (κ2) is 10.6. The van der Waals surface area contributed by atoms with Gasteiger partial charge in [-0.15, -0.1) is 0 Å². The Morgan fingerprint density at radius 2 is 1.45 bits per heavy atom. The minimum absolute atomic E-state index is 0.0533. The number of hydrogen-bond donors (Lipinski definition) is 2. The SMILES string of the molecule is CC(C)(O)COOC(=O)CCCCCCCCC(=O)O. The Bertz CT molecular complexity index is 282. The van der Waals surface area contributed by atoms with Crippen LogP contribution in [0.15, 0.2) is 0 Å². The third-order valence-corrected chi connectivity index (χ3v) is 2.59. The molecule has 0 atom stereocenters. The summed E-state index contributed by atoms with van der Waals surface area (Å²) in [6.07, 6.45) is 5.74. The zero-order chi connectivity index (χ0) is 15.4. The van der Waals surface area contributed by atoms with Crippen molar-refractivity contribution in [3.05, 3.63) is 0 Å². The van der Waals surface area contributed by atoms with E-state index in [2.05, 4.69) is 9.78 Å². The first-order chi connectivity index (χ1) is 9.31. The van der Waals surface area contributed by atoms with Crippen molar-refractivity contribution in [2.75, 3.05) is 6.61 Å². The summed E-state index contributed by atoms with van der Waals surface area (Å²) in [6.45, 7) is 3.07. The quantitative estimate of drug-likeness (QED) is 0.326. The van der Waals surface area contributed by atoms with E-state index in [1.165, 1.54) is 0 Å². The number of carboxylic acid groups (broad SMARTS) is 1. The molecule has 0 aliphatic carbocycles.